The number of carbonyl (C=O) groups is 2. The van der Waals surface area contributed by atoms with E-state index in [0.29, 0.717) is 18.7 Å². The second kappa shape index (κ2) is 6.58. The molecule has 1 unspecified atom stereocenters. The van der Waals surface area contributed by atoms with E-state index in [-0.39, 0.29) is 0 Å². The standard InChI is InChI=1S/C14H18N2O3/c1-3-8-16(9-10(2)14(18)19)12-6-4-11(5-7-12)13(15)17/h3-7,10H,1,8-9H2,2H3,(H2,15,17)(H,18,19). The van der Waals surface area contributed by atoms with Crippen LogP contribution < -0.4 is 10.6 Å². The lowest BCUT2D eigenvalue weighted by molar-refractivity contribution is -0.140. The van der Waals surface area contributed by atoms with E-state index in [9.17, 15) is 9.59 Å². The van der Waals surface area contributed by atoms with E-state index in [1.54, 1.807) is 37.3 Å². The number of nitrogens with two attached hydrogens (primary N) is 1. The maximum atomic E-state index is 11.0. The van der Waals surface area contributed by atoms with Crippen molar-refractivity contribution in [2.75, 3.05) is 18.0 Å². The van der Waals surface area contributed by atoms with E-state index in [4.69, 9.17) is 10.8 Å². The fraction of sp³-hybridized carbons (Fsp3) is 0.286. The van der Waals surface area contributed by atoms with Gasteiger partial charge in [0, 0.05) is 24.3 Å². The van der Waals surface area contributed by atoms with Gasteiger partial charge in [-0.15, -0.1) is 6.58 Å². The van der Waals surface area contributed by atoms with E-state index in [0.717, 1.165) is 5.69 Å². The lowest BCUT2D eigenvalue weighted by Gasteiger charge is -2.25. The first-order valence-electron chi connectivity index (χ1n) is 5.94. The molecule has 0 heterocycles. The minimum absolute atomic E-state index is 0.372. The number of carboxylic acids is 1. The highest BCUT2D eigenvalue weighted by Crippen LogP contribution is 2.17. The van der Waals surface area contributed by atoms with Gasteiger partial charge in [-0.05, 0) is 24.3 Å². The zero-order valence-corrected chi connectivity index (χ0v) is 10.9. The third kappa shape index (κ3) is 4.13. The second-order valence-corrected chi connectivity index (χ2v) is 4.34. The predicted molar refractivity (Wildman–Crippen MR) is 74.2 cm³/mol. The van der Waals surface area contributed by atoms with Crippen molar-refractivity contribution < 1.29 is 14.7 Å². The summed E-state index contributed by atoms with van der Waals surface area (Å²) in [5.41, 5.74) is 6.43. The van der Waals surface area contributed by atoms with Crippen LogP contribution in [0.2, 0.25) is 0 Å². The first-order chi connectivity index (χ1) is 8.95. The van der Waals surface area contributed by atoms with Crippen molar-refractivity contribution in [3.63, 3.8) is 0 Å². The number of rotatable bonds is 7. The van der Waals surface area contributed by atoms with Crippen LogP contribution in [0, 0.1) is 5.92 Å². The van der Waals surface area contributed by atoms with Crippen LogP contribution in [-0.2, 0) is 4.79 Å². The van der Waals surface area contributed by atoms with E-state index in [1.165, 1.54) is 0 Å². The van der Waals surface area contributed by atoms with Gasteiger partial charge >= 0.3 is 5.97 Å². The molecular formula is C14H18N2O3. The summed E-state index contributed by atoms with van der Waals surface area (Å²) >= 11 is 0. The van der Waals surface area contributed by atoms with E-state index < -0.39 is 17.8 Å². The van der Waals surface area contributed by atoms with Gasteiger partial charge in [0.05, 0.1) is 5.92 Å². The lowest BCUT2D eigenvalue weighted by Crippen LogP contribution is -2.32. The van der Waals surface area contributed by atoms with Crippen LogP contribution in [0.15, 0.2) is 36.9 Å². The molecule has 19 heavy (non-hydrogen) atoms. The quantitative estimate of drug-likeness (QED) is 0.729. The molecule has 1 atom stereocenters. The number of nitrogens with zero attached hydrogens (tertiary/aromatic N) is 1. The second-order valence-electron chi connectivity index (χ2n) is 4.34. The van der Waals surface area contributed by atoms with Crippen LogP contribution in [0.5, 0.6) is 0 Å². The highest BCUT2D eigenvalue weighted by Gasteiger charge is 2.16. The average Bonchev–Trinajstić information content (AvgIpc) is 2.38. The van der Waals surface area contributed by atoms with Crippen LogP contribution >= 0.6 is 0 Å². The van der Waals surface area contributed by atoms with Crippen molar-refractivity contribution in [3.05, 3.63) is 42.5 Å². The summed E-state index contributed by atoms with van der Waals surface area (Å²) < 4.78 is 0. The summed E-state index contributed by atoms with van der Waals surface area (Å²) in [6, 6.07) is 6.74. The Balaban J connectivity index is 2.89. The molecule has 0 bridgehead atoms. The van der Waals surface area contributed by atoms with Gasteiger partial charge < -0.3 is 15.7 Å². The van der Waals surface area contributed by atoms with E-state index in [1.807, 2.05) is 4.90 Å². The molecule has 1 amide bonds. The van der Waals surface area contributed by atoms with Gasteiger partial charge in [0.2, 0.25) is 5.91 Å². The molecule has 0 aromatic heterocycles. The monoisotopic (exact) mass is 262 g/mol. The van der Waals surface area contributed by atoms with Gasteiger partial charge in [-0.25, -0.2) is 0 Å². The number of carboxylic acid groups (broad SMARTS) is 1. The minimum Gasteiger partial charge on any atom is -0.481 e. The summed E-state index contributed by atoms with van der Waals surface area (Å²) in [7, 11) is 0. The minimum atomic E-state index is -0.845. The SMILES string of the molecule is C=CCN(CC(C)C(=O)O)c1ccc(C(N)=O)cc1. The molecule has 0 saturated heterocycles. The third-order valence-corrected chi connectivity index (χ3v) is 2.78. The Morgan fingerprint density at radius 2 is 2.00 bits per heavy atom. The summed E-state index contributed by atoms with van der Waals surface area (Å²) in [6.07, 6.45) is 1.70. The Kier molecular flexibility index (Phi) is 5.11. The summed E-state index contributed by atoms with van der Waals surface area (Å²) in [4.78, 5) is 23.8. The summed E-state index contributed by atoms with van der Waals surface area (Å²) in [5, 5.41) is 8.95. The van der Waals surface area contributed by atoms with Crippen molar-refractivity contribution in [2.24, 2.45) is 11.7 Å². The zero-order valence-electron chi connectivity index (χ0n) is 10.9. The van der Waals surface area contributed by atoms with Gasteiger partial charge in [0.1, 0.15) is 0 Å². The van der Waals surface area contributed by atoms with Crippen molar-refractivity contribution in [1.29, 1.82) is 0 Å². The van der Waals surface area contributed by atoms with Crippen molar-refractivity contribution in [2.45, 2.75) is 6.92 Å². The normalized spacial score (nSPS) is 11.6. The molecule has 0 aliphatic heterocycles. The topological polar surface area (TPSA) is 83.6 Å². The van der Waals surface area contributed by atoms with Crippen LogP contribution in [0.3, 0.4) is 0 Å². The zero-order chi connectivity index (χ0) is 14.4. The Morgan fingerprint density at radius 3 is 2.42 bits per heavy atom. The number of aliphatic carboxylic acids is 1. The molecule has 102 valence electrons. The molecule has 5 heteroatoms. The molecule has 0 aliphatic carbocycles. The summed E-state index contributed by atoms with van der Waals surface area (Å²) in [6.45, 7) is 6.22. The first kappa shape index (κ1) is 14.8. The molecule has 1 rings (SSSR count). The van der Waals surface area contributed by atoms with Crippen LogP contribution in [0.4, 0.5) is 5.69 Å². The molecule has 1 aromatic rings. The molecule has 0 spiro atoms. The summed E-state index contributed by atoms with van der Waals surface area (Å²) in [5.74, 6) is -1.82. The van der Waals surface area contributed by atoms with Gasteiger partial charge in [-0.3, -0.25) is 9.59 Å². The van der Waals surface area contributed by atoms with Gasteiger partial charge in [-0.1, -0.05) is 13.0 Å². The smallest absolute Gasteiger partial charge is 0.308 e. The van der Waals surface area contributed by atoms with E-state index in [2.05, 4.69) is 6.58 Å². The van der Waals surface area contributed by atoms with Gasteiger partial charge in [0.25, 0.3) is 0 Å². The number of anilines is 1. The maximum Gasteiger partial charge on any atom is 0.308 e. The fourth-order valence-electron chi connectivity index (χ4n) is 1.69. The highest BCUT2D eigenvalue weighted by atomic mass is 16.4. The molecular weight excluding hydrogens is 244 g/mol. The Bertz CT molecular complexity index is 468. The van der Waals surface area contributed by atoms with Crippen molar-refractivity contribution in [1.82, 2.24) is 0 Å². The maximum absolute atomic E-state index is 11.0. The molecule has 5 nitrogen and oxygen atoms in total. The van der Waals surface area contributed by atoms with Gasteiger partial charge in [-0.2, -0.15) is 0 Å². The molecule has 0 fully saturated rings. The van der Waals surface area contributed by atoms with Crippen LogP contribution in [0.25, 0.3) is 0 Å². The largest absolute Gasteiger partial charge is 0.481 e. The fourth-order valence-corrected chi connectivity index (χ4v) is 1.69. The Labute approximate surface area is 112 Å². The highest BCUT2D eigenvalue weighted by molar-refractivity contribution is 5.93. The number of benzene rings is 1. The number of primary amides is 1. The first-order valence-corrected chi connectivity index (χ1v) is 5.94. The molecule has 3 N–H and O–H groups in total. The van der Waals surface area contributed by atoms with Crippen LogP contribution in [-0.4, -0.2) is 30.1 Å². The lowest BCUT2D eigenvalue weighted by atomic mass is 10.1. The average molecular weight is 262 g/mol. The molecule has 1 aromatic carbocycles. The third-order valence-electron chi connectivity index (χ3n) is 2.78. The van der Waals surface area contributed by atoms with Crippen LogP contribution in [0.1, 0.15) is 17.3 Å². The predicted octanol–water partition coefficient (Wildman–Crippen LogP) is 1.50. The van der Waals surface area contributed by atoms with Crippen molar-refractivity contribution >= 4 is 17.6 Å². The molecule has 0 saturated carbocycles. The van der Waals surface area contributed by atoms with E-state index >= 15 is 0 Å². The Morgan fingerprint density at radius 1 is 1.42 bits per heavy atom. The number of amides is 1. The number of hydrogen-bond acceptors (Lipinski definition) is 3. The van der Waals surface area contributed by atoms with Gasteiger partial charge in [0.15, 0.2) is 0 Å². The number of hydrogen-bond donors (Lipinski definition) is 2. The molecule has 0 aliphatic rings. The molecule has 0 radical (unpaired) electrons. The Hall–Kier alpha value is -2.30. The number of carbonyl (C=O) groups excluding carboxylic acids is 1. The van der Waals surface area contributed by atoms with Crippen molar-refractivity contribution in [3.8, 4) is 0 Å².